The summed E-state index contributed by atoms with van der Waals surface area (Å²) in [6.07, 6.45) is 0. The van der Waals surface area contributed by atoms with Crippen molar-refractivity contribution in [2.75, 3.05) is 0 Å². The molecule has 0 saturated carbocycles. The highest BCUT2D eigenvalue weighted by atomic mass is 35.5. The Labute approximate surface area is 112 Å². The smallest absolute Gasteiger partial charge is 0.234 e. The quantitative estimate of drug-likeness (QED) is 0.866. The van der Waals surface area contributed by atoms with Crippen LogP contribution < -0.4 is 11.1 Å². The summed E-state index contributed by atoms with van der Waals surface area (Å²) in [4.78, 5) is 11.1. The third-order valence-corrected chi connectivity index (χ3v) is 3.06. The standard InChI is InChI=1S/C13H18ClFN2O/c1-7(2)12(17-8(3)13(16)18)10-5-4-9(14)6-11(10)15/h4-8,12,17H,1-3H3,(H2,16,18). The van der Waals surface area contributed by atoms with E-state index in [0.29, 0.717) is 10.6 Å². The molecule has 0 aliphatic rings. The van der Waals surface area contributed by atoms with Crippen molar-refractivity contribution in [2.45, 2.75) is 32.9 Å². The van der Waals surface area contributed by atoms with E-state index in [2.05, 4.69) is 5.32 Å². The highest BCUT2D eigenvalue weighted by Crippen LogP contribution is 2.26. The summed E-state index contributed by atoms with van der Waals surface area (Å²) in [5, 5.41) is 3.38. The van der Waals surface area contributed by atoms with Crippen LogP contribution in [0.4, 0.5) is 4.39 Å². The maximum atomic E-state index is 13.9. The van der Waals surface area contributed by atoms with Crippen LogP contribution in [0.15, 0.2) is 18.2 Å². The first kappa shape index (κ1) is 14.9. The zero-order valence-corrected chi connectivity index (χ0v) is 11.5. The molecule has 1 rings (SSSR count). The van der Waals surface area contributed by atoms with Gasteiger partial charge in [0, 0.05) is 16.6 Å². The lowest BCUT2D eigenvalue weighted by Crippen LogP contribution is -2.42. The molecule has 100 valence electrons. The van der Waals surface area contributed by atoms with Crippen LogP contribution in [0.5, 0.6) is 0 Å². The van der Waals surface area contributed by atoms with E-state index in [1.165, 1.54) is 6.07 Å². The van der Waals surface area contributed by atoms with Crippen LogP contribution in [-0.2, 0) is 4.79 Å². The van der Waals surface area contributed by atoms with Gasteiger partial charge in [-0.2, -0.15) is 0 Å². The van der Waals surface area contributed by atoms with Gasteiger partial charge in [0.1, 0.15) is 5.82 Å². The third-order valence-electron chi connectivity index (χ3n) is 2.82. The van der Waals surface area contributed by atoms with Crippen molar-refractivity contribution >= 4 is 17.5 Å². The van der Waals surface area contributed by atoms with Gasteiger partial charge in [-0.3, -0.25) is 10.1 Å². The molecule has 0 aliphatic heterocycles. The number of primary amides is 1. The molecule has 3 N–H and O–H groups in total. The van der Waals surface area contributed by atoms with Gasteiger partial charge in [-0.25, -0.2) is 4.39 Å². The topological polar surface area (TPSA) is 55.1 Å². The number of halogens is 2. The highest BCUT2D eigenvalue weighted by molar-refractivity contribution is 6.30. The van der Waals surface area contributed by atoms with Crippen LogP contribution in [-0.4, -0.2) is 11.9 Å². The van der Waals surface area contributed by atoms with E-state index in [4.69, 9.17) is 17.3 Å². The number of carbonyl (C=O) groups is 1. The number of nitrogens with one attached hydrogen (secondary N) is 1. The van der Waals surface area contributed by atoms with E-state index >= 15 is 0 Å². The van der Waals surface area contributed by atoms with Crippen molar-refractivity contribution in [1.29, 1.82) is 0 Å². The Morgan fingerprint density at radius 3 is 2.44 bits per heavy atom. The van der Waals surface area contributed by atoms with E-state index in [1.54, 1.807) is 19.1 Å². The predicted octanol–water partition coefficient (Wildman–Crippen LogP) is 2.64. The number of carbonyl (C=O) groups excluding carboxylic acids is 1. The third kappa shape index (κ3) is 3.68. The Morgan fingerprint density at radius 2 is 2.00 bits per heavy atom. The summed E-state index contributed by atoms with van der Waals surface area (Å²) in [5.41, 5.74) is 5.70. The fraction of sp³-hybridized carbons (Fsp3) is 0.462. The molecule has 5 heteroatoms. The second-order valence-corrected chi connectivity index (χ2v) is 5.11. The van der Waals surface area contributed by atoms with Gasteiger partial charge < -0.3 is 5.73 Å². The van der Waals surface area contributed by atoms with Gasteiger partial charge in [-0.1, -0.05) is 31.5 Å². The Bertz CT molecular complexity index is 437. The lowest BCUT2D eigenvalue weighted by Gasteiger charge is -2.26. The molecule has 0 aliphatic carbocycles. The molecule has 0 aromatic heterocycles. The lowest BCUT2D eigenvalue weighted by atomic mass is 9.94. The number of benzene rings is 1. The average Bonchev–Trinajstić information content (AvgIpc) is 2.26. The number of hydrogen-bond acceptors (Lipinski definition) is 2. The Balaban J connectivity index is 3.01. The summed E-state index contributed by atoms with van der Waals surface area (Å²) in [6, 6.07) is 3.72. The zero-order chi connectivity index (χ0) is 13.9. The molecule has 0 bridgehead atoms. The molecule has 2 atom stereocenters. The van der Waals surface area contributed by atoms with Crippen LogP contribution in [0.2, 0.25) is 5.02 Å². The minimum atomic E-state index is -0.521. The van der Waals surface area contributed by atoms with Crippen molar-refractivity contribution in [1.82, 2.24) is 5.32 Å². The van der Waals surface area contributed by atoms with Gasteiger partial charge >= 0.3 is 0 Å². The van der Waals surface area contributed by atoms with Crippen molar-refractivity contribution in [3.63, 3.8) is 0 Å². The van der Waals surface area contributed by atoms with Crippen molar-refractivity contribution in [3.8, 4) is 0 Å². The molecule has 0 radical (unpaired) electrons. The number of amides is 1. The fourth-order valence-electron chi connectivity index (χ4n) is 1.75. The molecule has 0 spiro atoms. The molecule has 1 aromatic carbocycles. The van der Waals surface area contributed by atoms with Crippen molar-refractivity contribution in [3.05, 3.63) is 34.6 Å². The minimum absolute atomic E-state index is 0.113. The molecule has 1 amide bonds. The summed E-state index contributed by atoms with van der Waals surface area (Å²) < 4.78 is 13.9. The molecule has 2 unspecified atom stereocenters. The number of hydrogen-bond donors (Lipinski definition) is 2. The van der Waals surface area contributed by atoms with Crippen LogP contribution in [0.3, 0.4) is 0 Å². The summed E-state index contributed by atoms with van der Waals surface area (Å²) in [7, 11) is 0. The summed E-state index contributed by atoms with van der Waals surface area (Å²) >= 11 is 5.72. The minimum Gasteiger partial charge on any atom is -0.368 e. The Hall–Kier alpha value is -1.13. The normalized spacial score (nSPS) is 14.6. The maximum Gasteiger partial charge on any atom is 0.234 e. The molecular weight excluding hydrogens is 255 g/mol. The van der Waals surface area contributed by atoms with Gasteiger partial charge in [-0.15, -0.1) is 0 Å². The second-order valence-electron chi connectivity index (χ2n) is 4.68. The Kier molecular flexibility index (Phi) is 5.11. The molecule has 1 aromatic rings. The van der Waals surface area contributed by atoms with E-state index < -0.39 is 11.9 Å². The molecule has 0 heterocycles. The van der Waals surface area contributed by atoms with Gasteiger partial charge in [0.2, 0.25) is 5.91 Å². The maximum absolute atomic E-state index is 13.9. The van der Waals surface area contributed by atoms with Gasteiger partial charge in [0.15, 0.2) is 0 Å². The van der Waals surface area contributed by atoms with Crippen LogP contribution in [0, 0.1) is 11.7 Å². The first-order valence-corrected chi connectivity index (χ1v) is 6.21. The SMILES string of the molecule is CC(NC(c1ccc(Cl)cc1F)C(C)C)C(N)=O. The van der Waals surface area contributed by atoms with E-state index in [0.717, 1.165) is 0 Å². The van der Waals surface area contributed by atoms with E-state index in [9.17, 15) is 9.18 Å². The number of nitrogens with two attached hydrogens (primary N) is 1. The molecule has 0 saturated heterocycles. The predicted molar refractivity (Wildman–Crippen MR) is 70.8 cm³/mol. The molecular formula is C13H18ClFN2O. The Morgan fingerprint density at radius 1 is 1.39 bits per heavy atom. The van der Waals surface area contributed by atoms with Gasteiger partial charge in [0.25, 0.3) is 0 Å². The zero-order valence-electron chi connectivity index (χ0n) is 10.7. The fourth-order valence-corrected chi connectivity index (χ4v) is 1.91. The second kappa shape index (κ2) is 6.16. The highest BCUT2D eigenvalue weighted by Gasteiger charge is 2.23. The van der Waals surface area contributed by atoms with Crippen molar-refractivity contribution < 1.29 is 9.18 Å². The number of rotatable bonds is 5. The van der Waals surface area contributed by atoms with Crippen LogP contribution in [0.1, 0.15) is 32.4 Å². The monoisotopic (exact) mass is 272 g/mol. The van der Waals surface area contributed by atoms with Crippen molar-refractivity contribution in [2.24, 2.45) is 11.7 Å². The van der Waals surface area contributed by atoms with Crippen LogP contribution in [0.25, 0.3) is 0 Å². The van der Waals surface area contributed by atoms with Gasteiger partial charge in [0.05, 0.1) is 6.04 Å². The van der Waals surface area contributed by atoms with Gasteiger partial charge in [-0.05, 0) is 25.0 Å². The van der Waals surface area contributed by atoms with E-state index in [1.807, 2.05) is 13.8 Å². The van der Waals surface area contributed by atoms with Crippen LogP contribution >= 0.6 is 11.6 Å². The molecule has 3 nitrogen and oxygen atoms in total. The largest absolute Gasteiger partial charge is 0.368 e. The first-order chi connectivity index (χ1) is 8.32. The lowest BCUT2D eigenvalue weighted by molar-refractivity contribution is -0.119. The molecule has 0 fully saturated rings. The molecule has 18 heavy (non-hydrogen) atoms. The first-order valence-electron chi connectivity index (χ1n) is 5.83. The van der Waals surface area contributed by atoms with E-state index in [-0.39, 0.29) is 17.8 Å². The average molecular weight is 273 g/mol. The summed E-state index contributed by atoms with van der Waals surface area (Å²) in [5.74, 6) is -0.733. The summed E-state index contributed by atoms with van der Waals surface area (Å²) in [6.45, 7) is 5.55.